The highest BCUT2D eigenvalue weighted by molar-refractivity contribution is 7.84. The number of thiol groups is 1. The SMILES string of the molecule is C=C/C=C\C=C/CC(/C(C)=C/CC)=C(\S)C(=C(C)C)N(C(/N=C\C=C)=N/C/C(=C/CC)C1=C(OC)CCC=C1CC)c1ccccc1C. The predicted molar refractivity (Wildman–Crippen MR) is 216 cm³/mol. The van der Waals surface area contributed by atoms with Crippen LogP contribution in [0.5, 0.6) is 0 Å². The van der Waals surface area contributed by atoms with E-state index in [9.17, 15) is 0 Å². The molecular formula is C43H57N3OS. The molecule has 0 fully saturated rings. The molecule has 0 heterocycles. The molecule has 4 nitrogen and oxygen atoms in total. The van der Waals surface area contributed by atoms with Crippen LogP contribution in [0.25, 0.3) is 0 Å². The third kappa shape index (κ3) is 11.3. The largest absolute Gasteiger partial charge is 0.500 e. The van der Waals surface area contributed by atoms with Crippen LogP contribution in [0.1, 0.15) is 85.6 Å². The predicted octanol–water partition coefficient (Wildman–Crippen LogP) is 12.3. The van der Waals surface area contributed by atoms with Gasteiger partial charge in [-0.2, -0.15) is 0 Å². The van der Waals surface area contributed by atoms with Crippen molar-refractivity contribution in [1.82, 2.24) is 0 Å². The Labute approximate surface area is 297 Å². The molecule has 1 aromatic rings. The standard InChI is InChI=1S/C43H57N3OS/c1-11-16-17-18-19-27-37(33(8)23-12-2)42(48)41(32(6)7)46(38-28-21-20-25-34(38)9)43(44-30-14-4)45-31-36(24-13-3)40-35(15-5)26-22-29-39(40)47-10/h11,14,16-21,23-26,28,30,48H,1,4,12-13,15,22,27,29,31H2,2-3,5-10H3/b17-16-,19-18-,33-23+,36-24-,42-37+,44-30-,45-43+. The lowest BCUT2D eigenvalue weighted by atomic mass is 9.88. The van der Waals surface area contributed by atoms with Crippen molar-refractivity contribution in [3.05, 3.63) is 147 Å². The van der Waals surface area contributed by atoms with Crippen LogP contribution in [0.3, 0.4) is 0 Å². The summed E-state index contributed by atoms with van der Waals surface area (Å²) in [5, 5.41) is 0. The number of aryl methyl sites for hydroxylation is 1. The molecule has 1 aliphatic carbocycles. The van der Waals surface area contributed by atoms with E-state index in [-0.39, 0.29) is 0 Å². The zero-order chi connectivity index (χ0) is 35.5. The number of methoxy groups -OCH3 is 1. The highest BCUT2D eigenvalue weighted by Crippen LogP contribution is 2.37. The van der Waals surface area contributed by atoms with Gasteiger partial charge >= 0.3 is 0 Å². The van der Waals surface area contributed by atoms with E-state index in [0.29, 0.717) is 18.9 Å². The van der Waals surface area contributed by atoms with Crippen molar-refractivity contribution in [3.8, 4) is 0 Å². The fourth-order valence-corrected chi connectivity index (χ4v) is 6.35. The Morgan fingerprint density at radius 1 is 1.00 bits per heavy atom. The van der Waals surface area contributed by atoms with Gasteiger partial charge in [0.25, 0.3) is 0 Å². The first-order valence-electron chi connectivity index (χ1n) is 17.1. The Balaban J connectivity index is 2.96. The molecule has 48 heavy (non-hydrogen) atoms. The van der Waals surface area contributed by atoms with Gasteiger partial charge in [-0.15, -0.1) is 12.6 Å². The summed E-state index contributed by atoms with van der Waals surface area (Å²) in [4.78, 5) is 13.3. The topological polar surface area (TPSA) is 37.2 Å². The maximum absolute atomic E-state index is 5.94. The molecule has 0 N–H and O–H groups in total. The molecule has 0 amide bonds. The van der Waals surface area contributed by atoms with Crippen LogP contribution in [-0.2, 0) is 4.74 Å². The van der Waals surface area contributed by atoms with Crippen LogP contribution in [0.15, 0.2) is 152 Å². The monoisotopic (exact) mass is 663 g/mol. The Hall–Kier alpha value is -4.09. The number of rotatable bonds is 16. The van der Waals surface area contributed by atoms with Crippen LogP contribution in [0.2, 0.25) is 0 Å². The molecule has 0 atom stereocenters. The van der Waals surface area contributed by atoms with E-state index in [1.807, 2.05) is 12.2 Å². The Bertz CT molecular complexity index is 1580. The number of aliphatic imine (C=N–C) groups is 2. The quantitative estimate of drug-likeness (QED) is 0.0827. The van der Waals surface area contributed by atoms with Crippen LogP contribution in [-0.4, -0.2) is 25.8 Å². The van der Waals surface area contributed by atoms with Crippen molar-refractivity contribution < 1.29 is 4.74 Å². The molecule has 0 saturated carbocycles. The van der Waals surface area contributed by atoms with Gasteiger partial charge in [-0.25, -0.2) is 9.98 Å². The number of allylic oxidation sites excluding steroid dienone is 14. The van der Waals surface area contributed by atoms with Gasteiger partial charge < -0.3 is 4.74 Å². The summed E-state index contributed by atoms with van der Waals surface area (Å²) in [7, 11) is 1.78. The highest BCUT2D eigenvalue weighted by Gasteiger charge is 2.26. The molecule has 0 aliphatic heterocycles. The second-order valence-electron chi connectivity index (χ2n) is 11.7. The summed E-state index contributed by atoms with van der Waals surface area (Å²) in [5.41, 5.74) is 10.1. The van der Waals surface area contributed by atoms with E-state index >= 15 is 0 Å². The van der Waals surface area contributed by atoms with Gasteiger partial charge in [0, 0.05) is 23.1 Å². The number of hydrogen-bond acceptors (Lipinski definition) is 3. The molecule has 0 radical (unpaired) electrons. The third-order valence-corrected chi connectivity index (χ3v) is 8.50. The fourth-order valence-electron chi connectivity index (χ4n) is 5.76. The number of anilines is 1. The third-order valence-electron chi connectivity index (χ3n) is 8.01. The average molecular weight is 664 g/mol. The molecule has 256 valence electrons. The normalized spacial score (nSPS) is 15.3. The van der Waals surface area contributed by atoms with Crippen molar-refractivity contribution in [2.45, 2.75) is 87.0 Å². The van der Waals surface area contributed by atoms with Gasteiger partial charge in [0.2, 0.25) is 5.96 Å². The van der Waals surface area contributed by atoms with Gasteiger partial charge in [-0.1, -0.05) is 118 Å². The van der Waals surface area contributed by atoms with E-state index in [4.69, 9.17) is 27.4 Å². The molecule has 0 aromatic heterocycles. The van der Waals surface area contributed by atoms with E-state index in [1.54, 1.807) is 25.5 Å². The minimum Gasteiger partial charge on any atom is -0.500 e. The second-order valence-corrected chi connectivity index (χ2v) is 12.2. The molecule has 0 saturated heterocycles. The molecule has 0 spiro atoms. The zero-order valence-corrected chi connectivity index (χ0v) is 31.5. The number of hydrogen-bond donors (Lipinski definition) is 1. The maximum Gasteiger partial charge on any atom is 0.230 e. The average Bonchev–Trinajstić information content (AvgIpc) is 3.08. The molecule has 1 aromatic carbocycles. The second kappa shape index (κ2) is 21.7. The first-order valence-corrected chi connectivity index (χ1v) is 17.6. The number of guanidine groups is 1. The Morgan fingerprint density at radius 3 is 2.33 bits per heavy atom. The lowest BCUT2D eigenvalue weighted by molar-refractivity contribution is 0.272. The summed E-state index contributed by atoms with van der Waals surface area (Å²) in [6.07, 6.45) is 25.6. The van der Waals surface area contributed by atoms with Crippen LogP contribution < -0.4 is 4.90 Å². The lowest BCUT2D eigenvalue weighted by Gasteiger charge is -2.31. The van der Waals surface area contributed by atoms with Crippen LogP contribution in [0, 0.1) is 6.92 Å². The van der Waals surface area contributed by atoms with Crippen molar-refractivity contribution in [1.29, 1.82) is 0 Å². The minimum absolute atomic E-state index is 0.446. The van der Waals surface area contributed by atoms with Crippen LogP contribution >= 0.6 is 12.6 Å². The van der Waals surface area contributed by atoms with Crippen LogP contribution in [0.4, 0.5) is 5.69 Å². The van der Waals surface area contributed by atoms with Gasteiger partial charge in [0.1, 0.15) is 5.76 Å². The summed E-state index contributed by atoms with van der Waals surface area (Å²) >= 11 is 5.32. The summed E-state index contributed by atoms with van der Waals surface area (Å²) < 4.78 is 5.94. The smallest absolute Gasteiger partial charge is 0.230 e. The molecule has 1 aliphatic rings. The van der Waals surface area contributed by atoms with Gasteiger partial charge in [0.05, 0.1) is 25.0 Å². The number of ether oxygens (including phenoxy) is 1. The van der Waals surface area contributed by atoms with Crippen molar-refractivity contribution in [2.75, 3.05) is 18.6 Å². The van der Waals surface area contributed by atoms with E-state index < -0.39 is 0 Å². The number of benzene rings is 1. The van der Waals surface area contributed by atoms with E-state index in [0.717, 1.165) is 76.4 Å². The van der Waals surface area contributed by atoms with Crippen molar-refractivity contribution in [3.63, 3.8) is 0 Å². The summed E-state index contributed by atoms with van der Waals surface area (Å²) in [6, 6.07) is 8.37. The maximum atomic E-state index is 5.94. The van der Waals surface area contributed by atoms with Crippen molar-refractivity contribution >= 4 is 30.5 Å². The Morgan fingerprint density at radius 2 is 1.73 bits per heavy atom. The molecule has 0 bridgehead atoms. The lowest BCUT2D eigenvalue weighted by Crippen LogP contribution is -2.31. The summed E-state index contributed by atoms with van der Waals surface area (Å²) in [5.74, 6) is 1.59. The number of para-hydroxylation sites is 1. The zero-order valence-electron chi connectivity index (χ0n) is 30.6. The van der Waals surface area contributed by atoms with E-state index in [1.165, 1.54) is 16.7 Å². The van der Waals surface area contributed by atoms with E-state index in [2.05, 4.69) is 121 Å². The van der Waals surface area contributed by atoms with Crippen molar-refractivity contribution in [2.24, 2.45) is 9.98 Å². The number of nitrogens with zero attached hydrogens (tertiary/aromatic N) is 3. The van der Waals surface area contributed by atoms with Gasteiger partial charge in [-0.3, -0.25) is 4.90 Å². The molecule has 2 rings (SSSR count). The minimum atomic E-state index is 0.446. The molecular weight excluding hydrogens is 607 g/mol. The first kappa shape index (κ1) is 40.1. The Kier molecular flexibility index (Phi) is 18.1. The highest BCUT2D eigenvalue weighted by atomic mass is 32.1. The van der Waals surface area contributed by atoms with Gasteiger partial charge in [-0.05, 0) is 88.1 Å². The summed E-state index contributed by atoms with van der Waals surface area (Å²) in [6.45, 7) is 23.2. The first-order chi connectivity index (χ1) is 23.2. The van der Waals surface area contributed by atoms with Gasteiger partial charge in [0.15, 0.2) is 0 Å². The fraction of sp³-hybridized carbons (Fsp3) is 0.349. The molecule has 5 heteroatoms. The molecule has 0 unspecified atom stereocenters.